The Morgan fingerprint density at radius 1 is 1.57 bits per heavy atom. The first-order chi connectivity index (χ1) is 10.8. The number of carbonyl (C=O) groups is 1. The highest BCUT2D eigenvalue weighted by Gasteiger charge is 2.35. The number of hydrogen-bond donors (Lipinski definition) is 1. The molecule has 7 heteroatoms. The minimum absolute atomic E-state index is 0.299. The Labute approximate surface area is 137 Å². The average molecular weight is 325 g/mol. The van der Waals surface area contributed by atoms with E-state index in [1.807, 2.05) is 38.5 Å². The molecule has 0 saturated carbocycles. The molecule has 0 aliphatic carbocycles. The predicted octanol–water partition coefficient (Wildman–Crippen LogP) is 1.44. The maximum atomic E-state index is 12.4. The third-order valence-corrected chi connectivity index (χ3v) is 3.77. The Morgan fingerprint density at radius 3 is 2.96 bits per heavy atom. The summed E-state index contributed by atoms with van der Waals surface area (Å²) in [6.07, 6.45) is 2.80. The number of aryl methyl sites for hydroxylation is 1. The maximum Gasteiger partial charge on any atom is 0.410 e. The molecule has 0 bridgehead atoms. The first-order valence-electron chi connectivity index (χ1n) is 8.07. The van der Waals surface area contributed by atoms with Gasteiger partial charge in [0.15, 0.2) is 0 Å². The minimum Gasteiger partial charge on any atom is -0.444 e. The van der Waals surface area contributed by atoms with Crippen molar-refractivity contribution in [2.45, 2.75) is 58.4 Å². The van der Waals surface area contributed by atoms with Crippen molar-refractivity contribution in [2.24, 2.45) is 0 Å². The third kappa shape index (κ3) is 4.68. The van der Waals surface area contributed by atoms with Crippen molar-refractivity contribution in [3.05, 3.63) is 18.2 Å². The molecular weight excluding hydrogens is 298 g/mol. The van der Waals surface area contributed by atoms with Gasteiger partial charge in [-0.05, 0) is 27.7 Å². The highest BCUT2D eigenvalue weighted by molar-refractivity contribution is 5.68. The number of carbonyl (C=O) groups excluding carboxylic acids is 1. The van der Waals surface area contributed by atoms with Crippen molar-refractivity contribution < 1.29 is 19.4 Å². The first kappa shape index (κ1) is 17.7. The van der Waals surface area contributed by atoms with Crippen LogP contribution >= 0.6 is 0 Å². The molecule has 2 unspecified atom stereocenters. The first-order valence-corrected chi connectivity index (χ1v) is 8.07. The Bertz CT molecular complexity index is 524. The number of morpholine rings is 1. The summed E-state index contributed by atoms with van der Waals surface area (Å²) in [5.74, 6) is 0.801. The highest BCUT2D eigenvalue weighted by atomic mass is 16.6. The van der Waals surface area contributed by atoms with Gasteiger partial charge in [0, 0.05) is 31.9 Å². The monoisotopic (exact) mass is 325 g/mol. The van der Waals surface area contributed by atoms with E-state index >= 15 is 0 Å². The van der Waals surface area contributed by atoms with Gasteiger partial charge in [-0.15, -0.1) is 0 Å². The predicted molar refractivity (Wildman–Crippen MR) is 85.2 cm³/mol. The summed E-state index contributed by atoms with van der Waals surface area (Å²) in [6, 6.07) is -0.430. The molecule has 1 aliphatic heterocycles. The van der Waals surface area contributed by atoms with Gasteiger partial charge in [0.2, 0.25) is 0 Å². The van der Waals surface area contributed by atoms with Crippen LogP contribution in [0, 0.1) is 0 Å². The van der Waals surface area contributed by atoms with Crippen LogP contribution in [0.3, 0.4) is 0 Å². The smallest absolute Gasteiger partial charge is 0.410 e. The fourth-order valence-electron chi connectivity index (χ4n) is 2.63. The molecule has 2 atom stereocenters. The van der Waals surface area contributed by atoms with Crippen LogP contribution in [0.25, 0.3) is 0 Å². The number of rotatable bonds is 4. The number of aliphatic hydroxyl groups is 1. The topological polar surface area (TPSA) is 76.8 Å². The van der Waals surface area contributed by atoms with E-state index in [9.17, 15) is 9.90 Å². The molecule has 2 rings (SSSR count). The van der Waals surface area contributed by atoms with Crippen LogP contribution in [0.1, 0.15) is 33.5 Å². The maximum absolute atomic E-state index is 12.4. The zero-order valence-electron chi connectivity index (χ0n) is 14.4. The highest BCUT2D eigenvalue weighted by Crippen LogP contribution is 2.18. The van der Waals surface area contributed by atoms with Crippen molar-refractivity contribution >= 4 is 6.09 Å². The van der Waals surface area contributed by atoms with Crippen molar-refractivity contribution in [3.8, 4) is 0 Å². The van der Waals surface area contributed by atoms with E-state index in [0.29, 0.717) is 26.2 Å². The standard InChI is InChI=1S/C16H27N3O4/c1-5-18-7-6-17-14(18)10-13(20)12-11-22-9-8-19(12)15(21)23-16(2,3)4/h6-7,12-13,20H,5,8-11H2,1-4H3. The van der Waals surface area contributed by atoms with Crippen LogP contribution < -0.4 is 0 Å². The van der Waals surface area contributed by atoms with E-state index in [2.05, 4.69) is 4.98 Å². The molecule has 1 aliphatic rings. The summed E-state index contributed by atoms with van der Waals surface area (Å²) in [4.78, 5) is 18.2. The van der Waals surface area contributed by atoms with Crippen molar-refractivity contribution in [2.75, 3.05) is 19.8 Å². The van der Waals surface area contributed by atoms with Gasteiger partial charge >= 0.3 is 6.09 Å². The molecule has 1 amide bonds. The molecule has 1 aromatic heterocycles. The van der Waals surface area contributed by atoms with Crippen LogP contribution in [0.4, 0.5) is 4.79 Å². The van der Waals surface area contributed by atoms with Crippen molar-refractivity contribution in [1.29, 1.82) is 0 Å². The Hall–Kier alpha value is -1.60. The lowest BCUT2D eigenvalue weighted by Gasteiger charge is -2.38. The van der Waals surface area contributed by atoms with Crippen LogP contribution in [-0.4, -0.2) is 63.2 Å². The van der Waals surface area contributed by atoms with Gasteiger partial charge in [-0.1, -0.05) is 0 Å². The van der Waals surface area contributed by atoms with Gasteiger partial charge < -0.3 is 19.1 Å². The summed E-state index contributed by atoms with van der Waals surface area (Å²) >= 11 is 0. The van der Waals surface area contributed by atoms with Crippen molar-refractivity contribution in [3.63, 3.8) is 0 Å². The molecule has 23 heavy (non-hydrogen) atoms. The molecule has 0 spiro atoms. The Kier molecular flexibility index (Phi) is 5.64. The van der Waals surface area contributed by atoms with Crippen LogP contribution in [0.15, 0.2) is 12.4 Å². The van der Waals surface area contributed by atoms with Gasteiger partial charge in [-0.2, -0.15) is 0 Å². The lowest BCUT2D eigenvalue weighted by Crippen LogP contribution is -2.55. The van der Waals surface area contributed by atoms with E-state index in [0.717, 1.165) is 12.4 Å². The molecule has 1 N–H and O–H groups in total. The quantitative estimate of drug-likeness (QED) is 0.906. The second-order valence-electron chi connectivity index (χ2n) is 6.72. The summed E-state index contributed by atoms with van der Waals surface area (Å²) < 4.78 is 12.9. The van der Waals surface area contributed by atoms with Crippen LogP contribution in [-0.2, 0) is 22.4 Å². The van der Waals surface area contributed by atoms with E-state index in [4.69, 9.17) is 9.47 Å². The number of imidazole rings is 1. The fourth-order valence-corrected chi connectivity index (χ4v) is 2.63. The number of aliphatic hydroxyl groups excluding tert-OH is 1. The molecule has 7 nitrogen and oxygen atoms in total. The zero-order chi connectivity index (χ0) is 17.0. The van der Waals surface area contributed by atoms with Gasteiger partial charge in [0.1, 0.15) is 11.4 Å². The van der Waals surface area contributed by atoms with E-state index in [1.165, 1.54) is 0 Å². The second kappa shape index (κ2) is 7.31. The van der Waals surface area contributed by atoms with Gasteiger partial charge in [0.05, 0.1) is 25.4 Å². The lowest BCUT2D eigenvalue weighted by atomic mass is 10.1. The molecule has 1 aromatic rings. The average Bonchev–Trinajstić information content (AvgIpc) is 2.92. The number of hydrogen-bond acceptors (Lipinski definition) is 5. The fraction of sp³-hybridized carbons (Fsp3) is 0.750. The molecule has 130 valence electrons. The number of aromatic nitrogens is 2. The second-order valence-corrected chi connectivity index (χ2v) is 6.72. The van der Waals surface area contributed by atoms with Gasteiger partial charge in [0.25, 0.3) is 0 Å². The van der Waals surface area contributed by atoms with Crippen molar-refractivity contribution in [1.82, 2.24) is 14.5 Å². The summed E-state index contributed by atoms with van der Waals surface area (Å²) in [6.45, 7) is 9.46. The number of ether oxygens (including phenoxy) is 2. The van der Waals surface area contributed by atoms with E-state index < -0.39 is 23.8 Å². The SMILES string of the molecule is CCn1ccnc1CC(O)C1COCCN1C(=O)OC(C)(C)C. The van der Waals surface area contributed by atoms with Gasteiger partial charge in [-0.3, -0.25) is 4.90 Å². The molecule has 1 fully saturated rings. The minimum atomic E-state index is -0.754. The lowest BCUT2D eigenvalue weighted by molar-refractivity contribution is -0.0664. The summed E-state index contributed by atoms with van der Waals surface area (Å²) in [5.41, 5.74) is -0.566. The molecule has 1 saturated heterocycles. The zero-order valence-corrected chi connectivity index (χ0v) is 14.4. The molecular formula is C16H27N3O4. The normalized spacial score (nSPS) is 20.4. The largest absolute Gasteiger partial charge is 0.444 e. The third-order valence-electron chi connectivity index (χ3n) is 3.77. The Balaban J connectivity index is 2.06. The summed E-state index contributed by atoms with van der Waals surface area (Å²) in [5, 5.41) is 10.6. The molecule has 0 aromatic carbocycles. The Morgan fingerprint density at radius 2 is 2.30 bits per heavy atom. The van der Waals surface area contributed by atoms with E-state index in [-0.39, 0.29) is 0 Å². The van der Waals surface area contributed by atoms with Crippen LogP contribution in [0.2, 0.25) is 0 Å². The van der Waals surface area contributed by atoms with Crippen LogP contribution in [0.5, 0.6) is 0 Å². The van der Waals surface area contributed by atoms with E-state index in [1.54, 1.807) is 11.1 Å². The molecule has 0 radical (unpaired) electrons. The number of nitrogens with zero attached hydrogens (tertiary/aromatic N) is 3. The molecule has 2 heterocycles. The summed E-state index contributed by atoms with van der Waals surface area (Å²) in [7, 11) is 0. The number of amides is 1. The van der Waals surface area contributed by atoms with Gasteiger partial charge in [-0.25, -0.2) is 9.78 Å².